The smallest absolute Gasteiger partial charge is 0.342 e. The van der Waals surface area contributed by atoms with Crippen LogP contribution in [0.25, 0.3) is 0 Å². The Kier molecular flexibility index (Phi) is 5.45. The van der Waals surface area contributed by atoms with Crippen molar-refractivity contribution in [1.29, 1.82) is 0 Å². The quantitative estimate of drug-likeness (QED) is 0.272. The molecule has 220 valence electrons. The van der Waals surface area contributed by atoms with Crippen molar-refractivity contribution in [2.45, 2.75) is 107 Å². The average Bonchev–Trinajstić information content (AvgIpc) is 3.24. The molecule has 11 atom stereocenters. The van der Waals surface area contributed by atoms with E-state index in [2.05, 4.69) is 0 Å². The monoisotopic (exact) mass is 562 g/mol. The molecule has 6 aliphatic rings. The topological polar surface area (TPSA) is 177 Å². The van der Waals surface area contributed by atoms with Crippen LogP contribution in [0.3, 0.4) is 0 Å². The van der Waals surface area contributed by atoms with E-state index in [1.807, 2.05) is 6.08 Å². The number of fused-ring (bicyclic) bond motifs is 5. The van der Waals surface area contributed by atoms with Crippen molar-refractivity contribution in [3.63, 3.8) is 0 Å². The van der Waals surface area contributed by atoms with Crippen molar-refractivity contribution in [2.24, 2.45) is 28.6 Å². The van der Waals surface area contributed by atoms with Gasteiger partial charge in [-0.1, -0.05) is 18.6 Å². The Morgan fingerprint density at radius 2 is 1.80 bits per heavy atom. The van der Waals surface area contributed by atoms with E-state index in [9.17, 15) is 39.6 Å². The number of Topliss-reactive ketones (excluding diaryl/α,β-unsaturated/α-hetero) is 2. The fourth-order valence-electron chi connectivity index (χ4n) is 9.62. The first-order valence-corrected chi connectivity index (χ1v) is 14.1. The van der Waals surface area contributed by atoms with Crippen molar-refractivity contribution in [3.05, 3.63) is 11.6 Å². The van der Waals surface area contributed by atoms with Crippen LogP contribution in [-0.4, -0.2) is 85.3 Å². The van der Waals surface area contributed by atoms with Gasteiger partial charge in [0.2, 0.25) is 5.79 Å². The van der Waals surface area contributed by atoms with Crippen molar-refractivity contribution in [3.8, 4) is 0 Å². The summed E-state index contributed by atoms with van der Waals surface area (Å²) in [5.74, 6) is -9.12. The molecule has 0 amide bonds. The number of hydrogen-bond donors (Lipinski definition) is 4. The minimum absolute atomic E-state index is 0.0406. The Morgan fingerprint density at radius 3 is 2.45 bits per heavy atom. The molecule has 0 radical (unpaired) electrons. The third-order valence-electron chi connectivity index (χ3n) is 12.2. The molecule has 2 bridgehead atoms. The highest BCUT2D eigenvalue weighted by atomic mass is 16.7. The van der Waals surface area contributed by atoms with Crippen LogP contribution in [0.5, 0.6) is 0 Å². The summed E-state index contributed by atoms with van der Waals surface area (Å²) in [4.78, 5) is 54.8. The Morgan fingerprint density at radius 1 is 1.12 bits per heavy atom. The Hall–Kier alpha value is -2.18. The summed E-state index contributed by atoms with van der Waals surface area (Å²) in [6, 6.07) is 0. The summed E-state index contributed by atoms with van der Waals surface area (Å²) in [6.07, 6.45) is 1.55. The van der Waals surface area contributed by atoms with Crippen LogP contribution < -0.4 is 0 Å². The van der Waals surface area contributed by atoms with Gasteiger partial charge in [0.25, 0.3) is 0 Å². The van der Waals surface area contributed by atoms with E-state index in [-0.39, 0.29) is 25.0 Å². The van der Waals surface area contributed by atoms with E-state index in [0.29, 0.717) is 19.3 Å². The first-order valence-electron chi connectivity index (χ1n) is 14.1. The zero-order valence-electron chi connectivity index (χ0n) is 23.5. The number of carbonyl (C=O) groups is 4. The van der Waals surface area contributed by atoms with Gasteiger partial charge in [-0.25, -0.2) is 9.59 Å². The van der Waals surface area contributed by atoms with Crippen molar-refractivity contribution in [2.75, 3.05) is 7.11 Å². The highest BCUT2D eigenvalue weighted by molar-refractivity contribution is 5.99. The molecule has 4 N–H and O–H groups in total. The van der Waals surface area contributed by atoms with Gasteiger partial charge in [-0.2, -0.15) is 0 Å². The average molecular weight is 563 g/mol. The van der Waals surface area contributed by atoms with Gasteiger partial charge in [0.05, 0.1) is 24.5 Å². The largest absolute Gasteiger partial charge is 0.467 e. The lowest BCUT2D eigenvalue weighted by atomic mass is 9.46. The fourth-order valence-corrected chi connectivity index (χ4v) is 9.62. The van der Waals surface area contributed by atoms with Crippen LogP contribution in [0.2, 0.25) is 0 Å². The molecule has 11 nitrogen and oxygen atoms in total. The summed E-state index contributed by atoms with van der Waals surface area (Å²) in [7, 11) is 1.06. The summed E-state index contributed by atoms with van der Waals surface area (Å²) in [5, 5.41) is 47.9. The maximum atomic E-state index is 14.7. The fraction of sp³-hybridized carbons (Fsp3) is 0.793. The molecule has 3 saturated heterocycles. The molecule has 2 saturated carbocycles. The Balaban J connectivity index is 1.63. The van der Waals surface area contributed by atoms with E-state index in [1.165, 1.54) is 13.8 Å². The number of esters is 2. The molecule has 0 aromatic rings. The van der Waals surface area contributed by atoms with E-state index in [0.717, 1.165) is 19.6 Å². The highest BCUT2D eigenvalue weighted by Gasteiger charge is 2.91. The van der Waals surface area contributed by atoms with Crippen LogP contribution in [0.1, 0.15) is 72.6 Å². The van der Waals surface area contributed by atoms with E-state index in [4.69, 9.17) is 14.2 Å². The molecule has 11 heteroatoms. The van der Waals surface area contributed by atoms with Crippen LogP contribution in [0, 0.1) is 28.6 Å². The van der Waals surface area contributed by atoms with E-state index >= 15 is 0 Å². The molecular formula is C29H38O11. The minimum atomic E-state index is -2.63. The predicted molar refractivity (Wildman–Crippen MR) is 134 cm³/mol. The van der Waals surface area contributed by atoms with E-state index < -0.39 is 87.0 Å². The van der Waals surface area contributed by atoms with Crippen molar-refractivity contribution >= 4 is 23.5 Å². The standard InChI is InChI=1S/C29H38O11/c1-23(25(3,35)21(33)38-5)13-18(31)26(4)29-19(23)20(32)28(37,40-29)16-10-9-14-7-6-8-17(30)24(14,2)15(16)11-12-27(29,36)22(34)39-26/h9,15-16,18-19,31,35-37H,6-8,10-13H2,1-5H3/t15-,16+,18+,19-,23-,24-,25+,26-,27+,28+,29-/m0/s1. The van der Waals surface area contributed by atoms with Crippen molar-refractivity contribution in [1.82, 2.24) is 0 Å². The second-order valence-corrected chi connectivity index (χ2v) is 13.6. The SMILES string of the molecule is COC(=O)[C@@](C)(O)[C@@]1(C)C[C@@H](O)[C@]2(C)OC(=O)[C@]3(O)CC[C@H]4[C@@H](CC=C5CCCC(=O)[C@@]54C)[C@@]4(O)O[C@]32[C@H]1C4=O. The number of aliphatic hydroxyl groups excluding tert-OH is 1. The van der Waals surface area contributed by atoms with Crippen LogP contribution in [-0.2, 0) is 33.4 Å². The maximum absolute atomic E-state index is 14.7. The predicted octanol–water partition coefficient (Wildman–Crippen LogP) is 0.486. The summed E-state index contributed by atoms with van der Waals surface area (Å²) < 4.78 is 17.0. The normalized spacial score (nSPS) is 52.7. The third kappa shape index (κ3) is 2.66. The zero-order valence-corrected chi connectivity index (χ0v) is 23.5. The molecule has 1 spiro atoms. The number of ketones is 2. The molecule has 0 aromatic heterocycles. The van der Waals surface area contributed by atoms with Gasteiger partial charge >= 0.3 is 11.9 Å². The molecule has 6 rings (SSSR count). The van der Waals surface area contributed by atoms with Gasteiger partial charge in [-0.3, -0.25) is 9.59 Å². The lowest BCUT2D eigenvalue weighted by Gasteiger charge is -2.60. The van der Waals surface area contributed by atoms with Gasteiger partial charge in [-0.05, 0) is 65.2 Å². The molecule has 0 aromatic carbocycles. The maximum Gasteiger partial charge on any atom is 0.342 e. The number of methoxy groups -OCH3 is 1. The number of allylic oxidation sites excluding steroid dienone is 2. The molecule has 5 fully saturated rings. The number of carbonyl (C=O) groups excluding carboxylic acids is 4. The van der Waals surface area contributed by atoms with Crippen LogP contribution >= 0.6 is 0 Å². The van der Waals surface area contributed by atoms with Gasteiger partial charge in [-0.15, -0.1) is 0 Å². The first kappa shape index (κ1) is 28.0. The second kappa shape index (κ2) is 7.80. The number of rotatable bonds is 2. The van der Waals surface area contributed by atoms with Gasteiger partial charge < -0.3 is 34.6 Å². The van der Waals surface area contributed by atoms with Crippen molar-refractivity contribution < 1.29 is 53.8 Å². The summed E-state index contributed by atoms with van der Waals surface area (Å²) in [6.45, 7) is 5.66. The zero-order chi connectivity index (χ0) is 29.5. The second-order valence-electron chi connectivity index (χ2n) is 13.6. The molecule has 3 aliphatic carbocycles. The van der Waals surface area contributed by atoms with Gasteiger partial charge in [0, 0.05) is 17.8 Å². The van der Waals surface area contributed by atoms with Crippen LogP contribution in [0.4, 0.5) is 0 Å². The number of ether oxygens (including phenoxy) is 3. The molecule has 3 heterocycles. The summed E-state index contributed by atoms with van der Waals surface area (Å²) in [5.41, 5.74) is -11.4. The number of aliphatic hydroxyl groups is 4. The molecule has 3 aliphatic heterocycles. The third-order valence-corrected chi connectivity index (χ3v) is 12.2. The minimum Gasteiger partial charge on any atom is -0.467 e. The lowest BCUT2D eigenvalue weighted by molar-refractivity contribution is -0.344. The Bertz CT molecular complexity index is 1270. The van der Waals surface area contributed by atoms with E-state index in [1.54, 1.807) is 6.92 Å². The van der Waals surface area contributed by atoms with Crippen LogP contribution in [0.15, 0.2) is 11.6 Å². The van der Waals surface area contributed by atoms with Gasteiger partial charge in [0.15, 0.2) is 28.2 Å². The molecule has 0 unspecified atom stereocenters. The lowest BCUT2D eigenvalue weighted by Crippen LogP contribution is -2.78. The summed E-state index contributed by atoms with van der Waals surface area (Å²) >= 11 is 0. The first-order chi connectivity index (χ1) is 18.4. The van der Waals surface area contributed by atoms with Gasteiger partial charge in [0.1, 0.15) is 5.78 Å². The molecular weight excluding hydrogens is 524 g/mol. The Labute approximate surface area is 231 Å². The molecule has 40 heavy (non-hydrogen) atoms. The number of hydrogen-bond acceptors (Lipinski definition) is 11. The highest BCUT2D eigenvalue weighted by Crippen LogP contribution is 2.72.